The first-order valence-corrected chi connectivity index (χ1v) is 13.9. The van der Waals surface area contributed by atoms with E-state index in [4.69, 9.17) is 9.52 Å². The third kappa shape index (κ3) is 14.1. The van der Waals surface area contributed by atoms with Crippen molar-refractivity contribution in [2.24, 2.45) is 24.8 Å². The van der Waals surface area contributed by atoms with Gasteiger partial charge in [-0.05, 0) is 68.7 Å². The number of furan rings is 1. The molecule has 1 aromatic carbocycles. The van der Waals surface area contributed by atoms with Gasteiger partial charge < -0.3 is 9.52 Å². The summed E-state index contributed by atoms with van der Waals surface area (Å²) in [6.07, 6.45) is 5.40. The molecule has 2 aromatic heterocycles. The van der Waals surface area contributed by atoms with E-state index in [1.165, 1.54) is 24.6 Å². The Labute approximate surface area is 231 Å². The Balaban J connectivity index is 0. The molecule has 2 unspecified atom stereocenters. The lowest BCUT2D eigenvalue weighted by Gasteiger charge is -2.38. The third-order valence-corrected chi connectivity index (χ3v) is 6.38. The van der Waals surface area contributed by atoms with Gasteiger partial charge in [0.05, 0.1) is 6.26 Å². The second kappa shape index (κ2) is 21.0. The van der Waals surface area contributed by atoms with Crippen molar-refractivity contribution in [1.29, 1.82) is 0 Å². The number of aromatic amines is 1. The molecule has 0 radical (unpaired) electrons. The van der Waals surface area contributed by atoms with Crippen LogP contribution in [0.1, 0.15) is 90.7 Å². The summed E-state index contributed by atoms with van der Waals surface area (Å²) in [5.41, 5.74) is 1.57. The maximum absolute atomic E-state index is 11.1. The van der Waals surface area contributed by atoms with Gasteiger partial charge in [0, 0.05) is 24.6 Å². The molecule has 6 nitrogen and oxygen atoms in total. The van der Waals surface area contributed by atoms with Crippen LogP contribution in [0.15, 0.2) is 56.7 Å². The first-order valence-electron chi connectivity index (χ1n) is 13.9. The summed E-state index contributed by atoms with van der Waals surface area (Å²) in [5.74, 6) is 4.44. The minimum absolute atomic E-state index is 0.151. The Bertz CT molecular complexity index is 1070. The normalized spacial score (nSPS) is 16.6. The van der Waals surface area contributed by atoms with Crippen molar-refractivity contribution in [1.82, 2.24) is 9.78 Å². The Morgan fingerprint density at radius 2 is 1.45 bits per heavy atom. The van der Waals surface area contributed by atoms with E-state index in [0.29, 0.717) is 16.9 Å². The number of hydrogen-bond acceptors (Lipinski definition) is 4. The minimum Gasteiger partial charge on any atom is -0.508 e. The zero-order valence-electron chi connectivity index (χ0n) is 26.0. The van der Waals surface area contributed by atoms with E-state index in [-0.39, 0.29) is 11.1 Å². The molecule has 0 amide bonds. The number of hydrogen-bond donors (Lipinski definition) is 2. The van der Waals surface area contributed by atoms with Crippen molar-refractivity contribution >= 4 is 0 Å². The van der Waals surface area contributed by atoms with Crippen molar-refractivity contribution in [3.8, 4) is 5.75 Å². The number of nitrogens with zero attached hydrogens (tertiary/aromatic N) is 1. The molecule has 2 N–H and O–H groups in total. The molecule has 0 bridgehead atoms. The second-order valence-corrected chi connectivity index (χ2v) is 9.53. The number of para-hydroxylation sites is 1. The number of H-pyrrole nitrogens is 1. The predicted molar refractivity (Wildman–Crippen MR) is 162 cm³/mol. The van der Waals surface area contributed by atoms with Crippen LogP contribution in [0.2, 0.25) is 0 Å². The highest BCUT2D eigenvalue weighted by molar-refractivity contribution is 5.29. The smallest absolute Gasteiger partial charge is 0.268 e. The molecular weight excluding hydrogens is 476 g/mol. The summed E-state index contributed by atoms with van der Waals surface area (Å²) in [4.78, 5) is 22.1. The lowest BCUT2D eigenvalue weighted by molar-refractivity contribution is 0.120. The molecule has 1 saturated carbocycles. The molecule has 1 fully saturated rings. The summed E-state index contributed by atoms with van der Waals surface area (Å²) in [6.45, 7) is 22.5. The molecule has 1 aliphatic carbocycles. The van der Waals surface area contributed by atoms with E-state index in [9.17, 15) is 9.59 Å². The van der Waals surface area contributed by atoms with Crippen molar-refractivity contribution in [2.45, 2.75) is 95.4 Å². The van der Waals surface area contributed by atoms with Gasteiger partial charge in [0.15, 0.2) is 0 Å². The van der Waals surface area contributed by atoms with E-state index in [1.807, 2.05) is 51.1 Å². The van der Waals surface area contributed by atoms with Crippen LogP contribution in [0.5, 0.6) is 5.75 Å². The first-order chi connectivity index (χ1) is 17.9. The number of aryl methyl sites for hydroxylation is 3. The average Bonchev–Trinajstić information content (AvgIpc) is 3.45. The molecule has 38 heavy (non-hydrogen) atoms. The number of phenolic OH excluding ortho intramolecular Hbond substituents is 1. The number of rotatable bonds is 1. The van der Waals surface area contributed by atoms with Crippen molar-refractivity contribution in [2.75, 3.05) is 0 Å². The summed E-state index contributed by atoms with van der Waals surface area (Å²) < 4.78 is 6.17. The molecule has 3 aromatic rings. The molecule has 1 aliphatic rings. The van der Waals surface area contributed by atoms with Gasteiger partial charge >= 0.3 is 0 Å². The van der Waals surface area contributed by atoms with Crippen LogP contribution in [0.3, 0.4) is 0 Å². The fourth-order valence-corrected chi connectivity index (χ4v) is 3.33. The molecule has 4 rings (SSSR count). The van der Waals surface area contributed by atoms with Crippen LogP contribution in [0.25, 0.3) is 0 Å². The van der Waals surface area contributed by atoms with Gasteiger partial charge in [0.1, 0.15) is 11.5 Å². The largest absolute Gasteiger partial charge is 0.508 e. The van der Waals surface area contributed by atoms with E-state index in [0.717, 1.165) is 35.5 Å². The zero-order valence-corrected chi connectivity index (χ0v) is 26.0. The van der Waals surface area contributed by atoms with E-state index in [2.05, 4.69) is 46.6 Å². The summed E-state index contributed by atoms with van der Waals surface area (Å²) in [7, 11) is 1.52. The van der Waals surface area contributed by atoms with Crippen molar-refractivity contribution in [3.05, 3.63) is 85.8 Å². The summed E-state index contributed by atoms with van der Waals surface area (Å²) in [5, 5.41) is 11.3. The van der Waals surface area contributed by atoms with E-state index in [1.54, 1.807) is 26.2 Å². The number of nitrogens with one attached hydrogen (secondary N) is 1. The topological polar surface area (TPSA) is 88.2 Å². The zero-order chi connectivity index (χ0) is 29.8. The van der Waals surface area contributed by atoms with Gasteiger partial charge in [-0.3, -0.25) is 19.4 Å². The highest BCUT2D eigenvalue weighted by atomic mass is 16.3. The molecular formula is C32H54N2O4. The number of aromatic nitrogens is 2. The maximum atomic E-state index is 11.1. The molecule has 216 valence electrons. The molecule has 0 aliphatic heterocycles. The van der Waals surface area contributed by atoms with Crippen LogP contribution >= 0.6 is 0 Å². The highest BCUT2D eigenvalue weighted by Gasteiger charge is 2.29. The molecule has 6 heteroatoms. The number of benzene rings is 1. The Morgan fingerprint density at radius 1 is 0.921 bits per heavy atom. The quantitative estimate of drug-likeness (QED) is 0.334. The Morgan fingerprint density at radius 3 is 1.74 bits per heavy atom. The molecule has 0 saturated heterocycles. The lowest BCUT2D eigenvalue weighted by Crippen LogP contribution is -2.31. The van der Waals surface area contributed by atoms with Crippen LogP contribution in [-0.2, 0) is 13.5 Å². The van der Waals surface area contributed by atoms with Crippen LogP contribution < -0.4 is 11.1 Å². The number of aromatic hydroxyl groups is 1. The molecule has 2 heterocycles. The van der Waals surface area contributed by atoms with Gasteiger partial charge in [0.2, 0.25) is 0 Å². The Hall–Kier alpha value is -3.02. The fraction of sp³-hybridized carbons (Fsp3) is 0.562. The molecule has 0 spiro atoms. The lowest BCUT2D eigenvalue weighted by atomic mass is 9.68. The first kappa shape index (κ1) is 37.1. The number of phenols is 1. The fourth-order valence-electron chi connectivity index (χ4n) is 3.33. The van der Waals surface area contributed by atoms with E-state index < -0.39 is 0 Å². The van der Waals surface area contributed by atoms with Gasteiger partial charge in [-0.2, -0.15) is 0 Å². The molecule has 2 atom stereocenters. The standard InChI is InChI=1S/C7H10N2O2.C7H8O.C7H14.C6H8O.C3H8.C2H6/c1-4-5(2)7(11)9(3)8-6(4)10;1-6-4-2-3-5-7(6)8;1-5-4-6(2)7(5)3;1-2-6-4-3-5-7-6;1-3-2;1-2/h1-3H3,(H,8,10);2-5,8H,1H3;5-7H,4H2,1-3H3;3-5H,2H2,1H3;3H2,1-2H3;1-2H3. The predicted octanol–water partition coefficient (Wildman–Crippen LogP) is 7.97. The van der Waals surface area contributed by atoms with E-state index >= 15 is 0 Å². The van der Waals surface area contributed by atoms with Gasteiger partial charge in [-0.25, -0.2) is 0 Å². The summed E-state index contributed by atoms with van der Waals surface area (Å²) in [6, 6.07) is 11.1. The minimum atomic E-state index is -0.204. The Kier molecular flexibility index (Phi) is 20.5. The second-order valence-electron chi connectivity index (χ2n) is 9.53. The van der Waals surface area contributed by atoms with Crippen LogP contribution in [0, 0.1) is 38.5 Å². The third-order valence-electron chi connectivity index (χ3n) is 6.38. The van der Waals surface area contributed by atoms with Crippen molar-refractivity contribution < 1.29 is 9.52 Å². The van der Waals surface area contributed by atoms with Gasteiger partial charge in [-0.15, -0.1) is 0 Å². The SMILES string of the molecule is CC.CC1CC(C)C1C.CCC.CCc1ccco1.Cc1c(C)c(=O)n(C)[nH]c1=O.Cc1ccccc1O. The maximum Gasteiger partial charge on any atom is 0.268 e. The highest BCUT2D eigenvalue weighted by Crippen LogP contribution is 2.38. The average molecular weight is 531 g/mol. The monoisotopic (exact) mass is 530 g/mol. The van der Waals surface area contributed by atoms with Crippen LogP contribution in [-0.4, -0.2) is 14.9 Å². The van der Waals surface area contributed by atoms with Crippen molar-refractivity contribution in [3.63, 3.8) is 0 Å². The van der Waals surface area contributed by atoms with Crippen LogP contribution in [0.4, 0.5) is 0 Å². The van der Waals surface area contributed by atoms with Gasteiger partial charge in [-0.1, -0.05) is 80.0 Å². The summed E-state index contributed by atoms with van der Waals surface area (Å²) >= 11 is 0. The van der Waals surface area contributed by atoms with Gasteiger partial charge in [0.25, 0.3) is 11.1 Å².